The summed E-state index contributed by atoms with van der Waals surface area (Å²) in [5.41, 5.74) is 0. The van der Waals surface area contributed by atoms with Crippen molar-refractivity contribution in [3.63, 3.8) is 0 Å². The Hall–Kier alpha value is -0.610. The molecule has 0 saturated carbocycles. The zero-order chi connectivity index (χ0) is 8.81. The Morgan fingerprint density at radius 2 is 2.50 bits per heavy atom. The van der Waals surface area contributed by atoms with Gasteiger partial charge in [-0.2, -0.15) is 5.26 Å². The fraction of sp³-hybridized carbons (Fsp3) is 0.875. The molecular formula is C8H15NO3. The summed E-state index contributed by atoms with van der Waals surface area (Å²) in [5, 5.41) is 11.3. The summed E-state index contributed by atoms with van der Waals surface area (Å²) in [7, 11) is 0. The molecule has 0 radical (unpaired) electrons. The van der Waals surface area contributed by atoms with Gasteiger partial charge in [-0.15, -0.1) is 0 Å². The first kappa shape index (κ1) is 9.48. The van der Waals surface area contributed by atoms with Crippen molar-refractivity contribution in [2.24, 2.45) is 5.92 Å². The van der Waals surface area contributed by atoms with E-state index in [9.17, 15) is 4.79 Å². The average molecular weight is 173 g/mol. The summed E-state index contributed by atoms with van der Waals surface area (Å²) in [6.07, 6.45) is 3.49. The van der Waals surface area contributed by atoms with Crippen LogP contribution in [-0.4, -0.2) is 24.3 Å². The van der Waals surface area contributed by atoms with Gasteiger partial charge in [0.05, 0.1) is 0 Å². The van der Waals surface area contributed by atoms with Gasteiger partial charge in [0, 0.05) is 6.42 Å². The van der Waals surface area contributed by atoms with Crippen molar-refractivity contribution in [1.82, 2.24) is 5.32 Å². The molecular weight excluding hydrogens is 158 g/mol. The molecule has 0 bridgehead atoms. The van der Waals surface area contributed by atoms with Crippen LogP contribution in [0.15, 0.2) is 0 Å². The molecule has 1 saturated heterocycles. The maximum atomic E-state index is 10.6. The molecule has 1 fully saturated rings. The monoisotopic (exact) mass is 173 g/mol. The lowest BCUT2D eigenvalue weighted by molar-refractivity contribution is -0.234. The zero-order valence-corrected chi connectivity index (χ0v) is 7.08. The third-order valence-electron chi connectivity index (χ3n) is 2.26. The topological polar surface area (TPSA) is 58.6 Å². The molecule has 1 atom stereocenters. The molecule has 0 aromatic heterocycles. The summed E-state index contributed by atoms with van der Waals surface area (Å²) in [6, 6.07) is 0. The van der Waals surface area contributed by atoms with E-state index in [1.807, 2.05) is 0 Å². The van der Waals surface area contributed by atoms with Crippen molar-refractivity contribution >= 4 is 5.97 Å². The Kier molecular flexibility index (Phi) is 4.04. The molecule has 0 amide bonds. The van der Waals surface area contributed by atoms with Crippen molar-refractivity contribution < 1.29 is 14.9 Å². The molecule has 1 aliphatic rings. The minimum atomic E-state index is -0.527. The number of hydrogen-bond acceptors (Lipinski definition) is 4. The van der Waals surface area contributed by atoms with Crippen LogP contribution in [0.1, 0.15) is 25.7 Å². The number of carbonyl (C=O) groups excluding carboxylic acids is 1. The highest BCUT2D eigenvalue weighted by atomic mass is 17.1. The van der Waals surface area contributed by atoms with Crippen LogP contribution in [0.5, 0.6) is 0 Å². The molecule has 1 unspecified atom stereocenters. The lowest BCUT2D eigenvalue weighted by Crippen LogP contribution is -2.30. The number of nitrogens with one attached hydrogen (secondary N) is 1. The SMILES string of the molecule is O=C(CCC1CCCNC1)OO. The first-order valence-corrected chi connectivity index (χ1v) is 4.38. The van der Waals surface area contributed by atoms with Gasteiger partial charge in [-0.25, -0.2) is 4.79 Å². The van der Waals surface area contributed by atoms with Crippen molar-refractivity contribution in [2.45, 2.75) is 25.7 Å². The summed E-state index contributed by atoms with van der Waals surface area (Å²) >= 11 is 0. The number of carbonyl (C=O) groups is 1. The molecule has 4 nitrogen and oxygen atoms in total. The van der Waals surface area contributed by atoms with Gasteiger partial charge in [0.15, 0.2) is 0 Å². The fourth-order valence-electron chi connectivity index (χ4n) is 1.54. The molecule has 0 spiro atoms. The van der Waals surface area contributed by atoms with Gasteiger partial charge in [0.2, 0.25) is 0 Å². The van der Waals surface area contributed by atoms with Crippen molar-refractivity contribution in [1.29, 1.82) is 0 Å². The van der Waals surface area contributed by atoms with Crippen LogP contribution in [0.2, 0.25) is 0 Å². The number of hydrogen-bond donors (Lipinski definition) is 2. The maximum absolute atomic E-state index is 10.6. The Balaban J connectivity index is 2.09. The minimum absolute atomic E-state index is 0.322. The molecule has 1 heterocycles. The summed E-state index contributed by atoms with van der Waals surface area (Å²) in [5.74, 6) is 0.0402. The Bertz CT molecular complexity index is 143. The lowest BCUT2D eigenvalue weighted by Gasteiger charge is -2.21. The fourth-order valence-corrected chi connectivity index (χ4v) is 1.54. The Morgan fingerprint density at radius 1 is 1.67 bits per heavy atom. The maximum Gasteiger partial charge on any atom is 0.342 e. The minimum Gasteiger partial charge on any atom is -0.316 e. The molecule has 1 rings (SSSR count). The summed E-state index contributed by atoms with van der Waals surface area (Å²) in [6.45, 7) is 2.07. The average Bonchev–Trinajstić information content (AvgIpc) is 2.16. The summed E-state index contributed by atoms with van der Waals surface area (Å²) in [4.78, 5) is 14.1. The molecule has 12 heavy (non-hydrogen) atoms. The largest absolute Gasteiger partial charge is 0.342 e. The highest BCUT2D eigenvalue weighted by Gasteiger charge is 2.14. The molecule has 0 aliphatic carbocycles. The van der Waals surface area contributed by atoms with Crippen LogP contribution in [0, 0.1) is 5.92 Å². The molecule has 1 aliphatic heterocycles. The Labute approximate surface area is 71.8 Å². The summed E-state index contributed by atoms with van der Waals surface area (Å²) < 4.78 is 0. The van der Waals surface area contributed by atoms with Crippen molar-refractivity contribution in [3.8, 4) is 0 Å². The van der Waals surface area contributed by atoms with E-state index in [4.69, 9.17) is 5.26 Å². The highest BCUT2D eigenvalue weighted by Crippen LogP contribution is 2.15. The van der Waals surface area contributed by atoms with E-state index in [1.54, 1.807) is 0 Å². The normalized spacial score (nSPS) is 23.6. The lowest BCUT2D eigenvalue weighted by atomic mass is 9.95. The quantitative estimate of drug-likeness (QED) is 0.489. The van der Waals surface area contributed by atoms with Gasteiger partial charge in [0.1, 0.15) is 0 Å². The van der Waals surface area contributed by atoms with Crippen LogP contribution in [0.3, 0.4) is 0 Å². The van der Waals surface area contributed by atoms with E-state index in [0.717, 1.165) is 19.5 Å². The second-order valence-corrected chi connectivity index (χ2v) is 3.21. The van der Waals surface area contributed by atoms with Crippen molar-refractivity contribution in [2.75, 3.05) is 13.1 Å². The third kappa shape index (κ3) is 3.19. The smallest absolute Gasteiger partial charge is 0.316 e. The molecule has 2 N–H and O–H groups in total. The van der Waals surface area contributed by atoms with E-state index < -0.39 is 5.97 Å². The Morgan fingerprint density at radius 3 is 3.08 bits per heavy atom. The van der Waals surface area contributed by atoms with Crippen LogP contribution in [-0.2, 0) is 9.68 Å². The van der Waals surface area contributed by atoms with E-state index in [2.05, 4.69) is 10.2 Å². The highest BCUT2D eigenvalue weighted by molar-refractivity contribution is 5.68. The van der Waals surface area contributed by atoms with E-state index in [-0.39, 0.29) is 0 Å². The van der Waals surface area contributed by atoms with Crippen LogP contribution >= 0.6 is 0 Å². The van der Waals surface area contributed by atoms with Gasteiger partial charge >= 0.3 is 5.97 Å². The third-order valence-corrected chi connectivity index (χ3v) is 2.26. The van der Waals surface area contributed by atoms with Crippen LogP contribution in [0.25, 0.3) is 0 Å². The number of rotatable bonds is 3. The molecule has 70 valence electrons. The van der Waals surface area contributed by atoms with Gasteiger partial charge < -0.3 is 10.2 Å². The van der Waals surface area contributed by atoms with Crippen LogP contribution < -0.4 is 5.32 Å². The zero-order valence-electron chi connectivity index (χ0n) is 7.08. The first-order chi connectivity index (χ1) is 5.83. The van der Waals surface area contributed by atoms with Gasteiger partial charge in [-0.1, -0.05) is 0 Å². The van der Waals surface area contributed by atoms with Gasteiger partial charge in [-0.3, -0.25) is 0 Å². The predicted octanol–water partition coefficient (Wildman–Crippen LogP) is 0.782. The first-order valence-electron chi connectivity index (χ1n) is 4.38. The predicted molar refractivity (Wildman–Crippen MR) is 43.5 cm³/mol. The van der Waals surface area contributed by atoms with E-state index in [1.165, 1.54) is 12.8 Å². The molecule has 4 heteroatoms. The van der Waals surface area contributed by atoms with Crippen LogP contribution in [0.4, 0.5) is 0 Å². The van der Waals surface area contributed by atoms with Crippen molar-refractivity contribution in [3.05, 3.63) is 0 Å². The van der Waals surface area contributed by atoms with Gasteiger partial charge in [0.25, 0.3) is 0 Å². The number of piperidine rings is 1. The second kappa shape index (κ2) is 5.11. The standard InChI is InChI=1S/C8H15NO3/c10-8(12-11)4-3-7-2-1-5-9-6-7/h7,9,11H,1-6H2. The molecule has 0 aromatic rings. The van der Waals surface area contributed by atoms with E-state index >= 15 is 0 Å². The second-order valence-electron chi connectivity index (χ2n) is 3.21. The molecule has 0 aromatic carbocycles. The van der Waals surface area contributed by atoms with E-state index in [0.29, 0.717) is 12.3 Å². The van der Waals surface area contributed by atoms with Gasteiger partial charge in [-0.05, 0) is 38.3 Å².